The van der Waals surface area contributed by atoms with Crippen LogP contribution in [0.2, 0.25) is 0 Å². The molecule has 2 atom stereocenters. The van der Waals surface area contributed by atoms with Gasteiger partial charge < -0.3 is 0 Å². The Kier molecular flexibility index (Phi) is 7.57. The molecule has 0 heterocycles. The molecule has 0 aliphatic rings. The van der Waals surface area contributed by atoms with Gasteiger partial charge in [0.15, 0.2) is 0 Å². The fourth-order valence-electron chi connectivity index (χ4n) is 3.65. The fraction of sp³-hybridized carbons (Fsp3) is 0.739. The third-order valence-electron chi connectivity index (χ3n) is 4.48. The van der Waals surface area contributed by atoms with Gasteiger partial charge in [-0.2, -0.15) is 0 Å². The molecule has 1 aromatic rings. The van der Waals surface area contributed by atoms with Crippen molar-refractivity contribution in [2.45, 2.75) is 104 Å². The molecule has 0 aromatic heterocycles. The van der Waals surface area contributed by atoms with Crippen LogP contribution in [0.15, 0.2) is 24.3 Å². The predicted octanol–water partition coefficient (Wildman–Crippen LogP) is 6.53. The summed E-state index contributed by atoms with van der Waals surface area (Å²) in [5.74, 6) is 0. The van der Waals surface area contributed by atoms with Gasteiger partial charge in [0.25, 0.3) is 0 Å². The molecule has 1 aromatic carbocycles. The molecule has 0 aliphatic carbocycles. The number of hydrogen-bond acceptors (Lipinski definition) is 1. The summed E-state index contributed by atoms with van der Waals surface area (Å²) in [6, 6.07) is 8.86. The first-order chi connectivity index (χ1) is 11.9. The zero-order valence-corrected chi connectivity index (χ0v) is 21.4. The quantitative estimate of drug-likeness (QED) is 0.561. The van der Waals surface area contributed by atoms with Crippen LogP contribution < -0.4 is 10.0 Å². The van der Waals surface area contributed by atoms with E-state index in [2.05, 4.69) is 91.3 Å². The Balaban J connectivity index is 3.61. The van der Waals surface area contributed by atoms with E-state index in [-0.39, 0.29) is 26.5 Å². The molecule has 0 fully saturated rings. The largest absolute Gasteiger partial charge is 0.242 e. The third kappa shape index (κ3) is 6.65. The van der Waals surface area contributed by atoms with Gasteiger partial charge in [0.1, 0.15) is 0 Å². The molecular weight excluding hydrogens is 369 g/mol. The molecule has 0 saturated carbocycles. The highest BCUT2D eigenvalue weighted by molar-refractivity contribution is 7.84. The van der Waals surface area contributed by atoms with Crippen molar-refractivity contribution in [1.82, 2.24) is 4.72 Å². The molecule has 0 saturated heterocycles. The van der Waals surface area contributed by atoms with Gasteiger partial charge in [-0.25, -0.2) is 8.93 Å². The highest BCUT2D eigenvalue weighted by atomic mass is 32.2. The van der Waals surface area contributed by atoms with Gasteiger partial charge in [-0.3, -0.25) is 0 Å². The van der Waals surface area contributed by atoms with Gasteiger partial charge in [-0.05, 0) is 47.4 Å². The zero-order valence-electron chi connectivity index (χ0n) is 19.7. The van der Waals surface area contributed by atoms with E-state index in [1.165, 1.54) is 10.9 Å². The maximum Gasteiger partial charge on any atom is 0.0976 e. The van der Waals surface area contributed by atoms with E-state index in [9.17, 15) is 4.21 Å². The van der Waals surface area contributed by atoms with Gasteiger partial charge in [0.05, 0.1) is 15.7 Å². The van der Waals surface area contributed by atoms with Crippen molar-refractivity contribution in [3.63, 3.8) is 0 Å². The van der Waals surface area contributed by atoms with Crippen LogP contribution in [-0.4, -0.2) is 19.3 Å². The summed E-state index contributed by atoms with van der Waals surface area (Å²) in [4.78, 5) is 0. The topological polar surface area (TPSA) is 29.1 Å². The summed E-state index contributed by atoms with van der Waals surface area (Å²) in [5.41, 5.74) is 1.26. The lowest BCUT2D eigenvalue weighted by molar-refractivity contribution is 0.308. The lowest BCUT2D eigenvalue weighted by Gasteiger charge is -2.44. The van der Waals surface area contributed by atoms with Crippen LogP contribution in [0.3, 0.4) is 0 Å². The van der Waals surface area contributed by atoms with Crippen LogP contribution in [0.4, 0.5) is 0 Å². The summed E-state index contributed by atoms with van der Waals surface area (Å²) in [5, 5.41) is 1.82. The molecule has 1 rings (SSSR count). The fourth-order valence-corrected chi connectivity index (χ4v) is 8.86. The van der Waals surface area contributed by atoms with Gasteiger partial charge in [-0.15, -0.1) is 0 Å². The minimum absolute atomic E-state index is 0.0310. The van der Waals surface area contributed by atoms with Crippen molar-refractivity contribution < 1.29 is 4.21 Å². The Hall–Kier alpha value is -0.240. The van der Waals surface area contributed by atoms with Gasteiger partial charge >= 0.3 is 0 Å². The minimum atomic E-state index is -1.12. The van der Waals surface area contributed by atoms with Crippen LogP contribution in [0.1, 0.15) is 94.7 Å². The van der Waals surface area contributed by atoms with Crippen LogP contribution in [0.25, 0.3) is 0 Å². The van der Waals surface area contributed by atoms with Crippen LogP contribution in [0, 0.1) is 5.41 Å². The molecule has 0 aliphatic heterocycles. The zero-order chi connectivity index (χ0) is 21.4. The first-order valence-electron chi connectivity index (χ1n) is 9.94. The van der Waals surface area contributed by atoms with Crippen LogP contribution >= 0.6 is 7.92 Å². The smallest absolute Gasteiger partial charge is 0.0976 e. The molecular formula is C23H42NOPS. The second kappa shape index (κ2) is 8.25. The van der Waals surface area contributed by atoms with Gasteiger partial charge in [0, 0.05) is 6.04 Å². The van der Waals surface area contributed by atoms with E-state index in [4.69, 9.17) is 0 Å². The Labute approximate surface area is 172 Å². The summed E-state index contributed by atoms with van der Waals surface area (Å²) in [7, 11) is -1.55. The highest BCUT2D eigenvalue weighted by Crippen LogP contribution is 2.59. The maximum absolute atomic E-state index is 13.0. The highest BCUT2D eigenvalue weighted by Gasteiger charge is 2.40. The Morgan fingerprint density at radius 1 is 0.815 bits per heavy atom. The van der Waals surface area contributed by atoms with Crippen molar-refractivity contribution in [2.75, 3.05) is 0 Å². The maximum atomic E-state index is 13.0. The van der Waals surface area contributed by atoms with Gasteiger partial charge in [0.2, 0.25) is 0 Å². The number of benzene rings is 1. The summed E-state index contributed by atoms with van der Waals surface area (Å²) < 4.78 is 16.2. The average molecular weight is 412 g/mol. The molecule has 1 N–H and O–H groups in total. The molecule has 0 amide bonds. The SMILES string of the molecule is CC(C)(C)C(N[S@](=O)C(C)(C)C)c1ccccc1P(C(C)(C)C)C(C)(C)C. The molecule has 0 spiro atoms. The molecule has 1 unspecified atom stereocenters. The van der Waals surface area contributed by atoms with Crippen molar-refractivity contribution in [3.8, 4) is 0 Å². The number of hydrogen-bond donors (Lipinski definition) is 1. The van der Waals surface area contributed by atoms with Crippen LogP contribution in [-0.2, 0) is 11.0 Å². The van der Waals surface area contributed by atoms with Crippen molar-refractivity contribution in [1.29, 1.82) is 0 Å². The van der Waals surface area contributed by atoms with Crippen molar-refractivity contribution in [3.05, 3.63) is 29.8 Å². The first-order valence-corrected chi connectivity index (χ1v) is 12.4. The molecule has 2 nitrogen and oxygen atoms in total. The lowest BCUT2D eigenvalue weighted by atomic mass is 9.83. The second-order valence-electron chi connectivity index (χ2n) is 11.5. The predicted molar refractivity (Wildman–Crippen MR) is 126 cm³/mol. The Bertz CT molecular complexity index is 643. The summed E-state index contributed by atoms with van der Waals surface area (Å²) in [6.45, 7) is 26.9. The molecule has 4 heteroatoms. The summed E-state index contributed by atoms with van der Waals surface area (Å²) in [6.07, 6.45) is 0. The van der Waals surface area contributed by atoms with Crippen molar-refractivity contribution >= 4 is 24.2 Å². The van der Waals surface area contributed by atoms with Gasteiger partial charge in [-0.1, -0.05) is 94.5 Å². The molecule has 0 bridgehead atoms. The molecule has 0 radical (unpaired) electrons. The minimum Gasteiger partial charge on any atom is -0.242 e. The van der Waals surface area contributed by atoms with E-state index in [0.29, 0.717) is 0 Å². The Morgan fingerprint density at radius 2 is 1.26 bits per heavy atom. The Morgan fingerprint density at radius 3 is 1.63 bits per heavy atom. The monoisotopic (exact) mass is 411 g/mol. The third-order valence-corrected chi connectivity index (χ3v) is 9.61. The van der Waals surface area contributed by atoms with Crippen LogP contribution in [0.5, 0.6) is 0 Å². The van der Waals surface area contributed by atoms with E-state index in [1.807, 2.05) is 20.8 Å². The standard InChI is InChI=1S/C23H42NOPS/c1-20(2,3)19(24-27(25)23(10,11)12)17-15-13-14-16-18(17)26(21(4,5)6)22(7,8)9/h13-16,19,24H,1-12H3/t19?,27-/m1/s1. The van der Waals surface area contributed by atoms with E-state index in [1.54, 1.807) is 0 Å². The summed E-state index contributed by atoms with van der Waals surface area (Å²) >= 11 is 0. The lowest BCUT2D eigenvalue weighted by Crippen LogP contribution is -2.43. The average Bonchev–Trinajstić information content (AvgIpc) is 2.40. The van der Waals surface area contributed by atoms with E-state index < -0.39 is 18.9 Å². The van der Waals surface area contributed by atoms with Crippen molar-refractivity contribution in [2.24, 2.45) is 5.41 Å². The normalized spacial score (nSPS) is 16.5. The first kappa shape index (κ1) is 24.8. The van der Waals surface area contributed by atoms with E-state index in [0.717, 1.165) is 0 Å². The molecule has 156 valence electrons. The number of rotatable bonds is 4. The second-order valence-corrected chi connectivity index (χ2v) is 17.4. The number of nitrogens with one attached hydrogen (secondary N) is 1. The van der Waals surface area contributed by atoms with E-state index >= 15 is 0 Å². The molecule has 27 heavy (non-hydrogen) atoms.